The highest BCUT2D eigenvalue weighted by molar-refractivity contribution is 6.06. The van der Waals surface area contributed by atoms with E-state index >= 15 is 0 Å². The van der Waals surface area contributed by atoms with Gasteiger partial charge in [-0.2, -0.15) is 0 Å². The normalized spacial score (nSPS) is 11.8. The van der Waals surface area contributed by atoms with Crippen LogP contribution in [0.2, 0.25) is 0 Å². The molecule has 0 atom stereocenters. The number of ether oxygens (including phenoxy) is 1. The second kappa shape index (κ2) is 8.20. The molecule has 25 heavy (non-hydrogen) atoms. The first kappa shape index (κ1) is 18.3. The summed E-state index contributed by atoms with van der Waals surface area (Å²) in [6, 6.07) is 12.7. The molecule has 0 saturated carbocycles. The summed E-state index contributed by atoms with van der Waals surface area (Å²) in [5, 5.41) is 0. The van der Waals surface area contributed by atoms with Crippen LogP contribution in [0.4, 0.5) is 0 Å². The zero-order chi connectivity index (χ0) is 18.3. The second-order valence-corrected chi connectivity index (χ2v) is 6.45. The predicted octanol–water partition coefficient (Wildman–Crippen LogP) is 4.33. The van der Waals surface area contributed by atoms with Gasteiger partial charge >= 0.3 is 5.97 Å². The van der Waals surface area contributed by atoms with E-state index in [1.54, 1.807) is 36.5 Å². The van der Waals surface area contributed by atoms with Gasteiger partial charge < -0.3 is 4.74 Å². The molecule has 2 aromatic rings. The molecule has 4 nitrogen and oxygen atoms in total. The zero-order valence-electron chi connectivity index (χ0n) is 14.6. The molecular weight excluding hydrogens is 314 g/mol. The maximum Gasteiger partial charge on any atom is 0.331 e. The average molecular weight is 335 g/mol. The number of carbonyl (C=O) groups excluding carboxylic acids is 2. The number of hydrogen-bond donors (Lipinski definition) is 0. The van der Waals surface area contributed by atoms with Crippen molar-refractivity contribution in [2.24, 2.45) is 0 Å². The lowest BCUT2D eigenvalue weighted by Crippen LogP contribution is -2.22. The number of hydrogen-bond acceptors (Lipinski definition) is 4. The molecule has 0 saturated heterocycles. The number of rotatable bonds is 5. The van der Waals surface area contributed by atoms with Crippen LogP contribution in [0, 0.1) is 0 Å². The summed E-state index contributed by atoms with van der Waals surface area (Å²) >= 11 is 0. The fourth-order valence-corrected chi connectivity index (χ4v) is 1.97. The van der Waals surface area contributed by atoms with Crippen molar-refractivity contribution >= 4 is 23.9 Å². The van der Waals surface area contributed by atoms with Crippen LogP contribution in [0.15, 0.2) is 60.8 Å². The Balaban J connectivity index is 1.97. The molecule has 0 aliphatic carbocycles. The Morgan fingerprint density at radius 3 is 2.28 bits per heavy atom. The Bertz CT molecular complexity index is 782. The van der Waals surface area contributed by atoms with E-state index in [2.05, 4.69) is 4.98 Å². The third-order valence-electron chi connectivity index (χ3n) is 3.09. The molecule has 0 aliphatic rings. The Morgan fingerprint density at radius 1 is 0.960 bits per heavy atom. The first-order chi connectivity index (χ1) is 11.8. The maximum atomic E-state index is 12.0. The maximum absolute atomic E-state index is 12.0. The van der Waals surface area contributed by atoms with Crippen molar-refractivity contribution in [2.45, 2.75) is 26.4 Å². The molecule has 0 aliphatic heterocycles. The molecule has 0 amide bonds. The van der Waals surface area contributed by atoms with E-state index in [1.165, 1.54) is 12.2 Å². The lowest BCUT2D eigenvalue weighted by Gasteiger charge is -2.17. The fourth-order valence-electron chi connectivity index (χ4n) is 1.97. The van der Waals surface area contributed by atoms with Crippen LogP contribution >= 0.6 is 0 Å². The van der Waals surface area contributed by atoms with Crippen molar-refractivity contribution in [1.82, 2.24) is 4.98 Å². The van der Waals surface area contributed by atoms with Gasteiger partial charge in [0.2, 0.25) is 0 Å². The zero-order valence-corrected chi connectivity index (χ0v) is 14.6. The predicted molar refractivity (Wildman–Crippen MR) is 98.9 cm³/mol. The standard InChI is InChI=1S/C21H21NO3/c1-21(2,3)25-20(24)14-12-18-11-9-16(15-22-18)10-13-19(23)17-7-5-4-6-8-17/h4-15H,1-3H3. The van der Waals surface area contributed by atoms with Gasteiger partial charge in [-0.3, -0.25) is 9.78 Å². The lowest BCUT2D eigenvalue weighted by atomic mass is 10.1. The molecule has 0 bridgehead atoms. The molecule has 1 aromatic carbocycles. The number of carbonyl (C=O) groups is 2. The van der Waals surface area contributed by atoms with Gasteiger partial charge in [-0.15, -0.1) is 0 Å². The Morgan fingerprint density at radius 2 is 1.68 bits per heavy atom. The summed E-state index contributed by atoms with van der Waals surface area (Å²) < 4.78 is 5.19. The molecule has 2 rings (SSSR count). The quantitative estimate of drug-likeness (QED) is 0.463. The summed E-state index contributed by atoms with van der Waals surface area (Å²) in [6.45, 7) is 5.44. The molecule has 4 heteroatoms. The van der Waals surface area contributed by atoms with Gasteiger partial charge in [-0.25, -0.2) is 4.79 Å². The van der Waals surface area contributed by atoms with Crippen molar-refractivity contribution in [3.8, 4) is 0 Å². The summed E-state index contributed by atoms with van der Waals surface area (Å²) in [4.78, 5) is 27.9. The minimum atomic E-state index is -0.519. The molecule has 128 valence electrons. The van der Waals surface area contributed by atoms with E-state index in [0.717, 1.165) is 5.56 Å². The number of allylic oxidation sites excluding steroid dienone is 1. The van der Waals surface area contributed by atoms with Crippen LogP contribution in [0.25, 0.3) is 12.2 Å². The van der Waals surface area contributed by atoms with Crippen molar-refractivity contribution in [3.05, 3.63) is 77.6 Å². The molecule has 1 aromatic heterocycles. The number of nitrogens with zero attached hydrogens (tertiary/aromatic N) is 1. The van der Waals surface area contributed by atoms with Crippen LogP contribution in [-0.4, -0.2) is 22.3 Å². The number of esters is 1. The van der Waals surface area contributed by atoms with E-state index in [0.29, 0.717) is 11.3 Å². The molecular formula is C21H21NO3. The number of benzene rings is 1. The van der Waals surface area contributed by atoms with Crippen LogP contribution in [0.1, 0.15) is 42.4 Å². The van der Waals surface area contributed by atoms with Gasteiger partial charge in [0.1, 0.15) is 5.60 Å². The molecule has 1 heterocycles. The highest BCUT2D eigenvalue weighted by atomic mass is 16.6. The number of ketones is 1. The number of aromatic nitrogens is 1. The van der Waals surface area contributed by atoms with Crippen molar-refractivity contribution < 1.29 is 14.3 Å². The number of pyridine rings is 1. The van der Waals surface area contributed by atoms with Crippen LogP contribution in [0.3, 0.4) is 0 Å². The van der Waals surface area contributed by atoms with E-state index in [9.17, 15) is 9.59 Å². The fraction of sp³-hybridized carbons (Fsp3) is 0.190. The van der Waals surface area contributed by atoms with E-state index in [-0.39, 0.29) is 5.78 Å². The molecule has 0 fully saturated rings. The van der Waals surface area contributed by atoms with Crippen molar-refractivity contribution in [1.29, 1.82) is 0 Å². The second-order valence-electron chi connectivity index (χ2n) is 6.45. The van der Waals surface area contributed by atoms with Gasteiger partial charge in [0.25, 0.3) is 0 Å². The highest BCUT2D eigenvalue weighted by Gasteiger charge is 2.13. The summed E-state index contributed by atoms with van der Waals surface area (Å²) in [5.74, 6) is -0.471. The molecule has 0 unspecified atom stereocenters. The highest BCUT2D eigenvalue weighted by Crippen LogP contribution is 2.09. The average Bonchev–Trinajstić information content (AvgIpc) is 2.58. The third-order valence-corrected chi connectivity index (χ3v) is 3.09. The van der Waals surface area contributed by atoms with Gasteiger partial charge in [-0.05, 0) is 50.6 Å². The van der Waals surface area contributed by atoms with Crippen molar-refractivity contribution in [3.63, 3.8) is 0 Å². The minimum absolute atomic E-state index is 0.0606. The Kier molecular flexibility index (Phi) is 6.01. The third kappa shape index (κ3) is 6.55. The molecule has 0 radical (unpaired) electrons. The van der Waals surface area contributed by atoms with E-state index < -0.39 is 11.6 Å². The summed E-state index contributed by atoms with van der Waals surface area (Å²) in [7, 11) is 0. The Hall–Kier alpha value is -3.01. The topological polar surface area (TPSA) is 56.3 Å². The minimum Gasteiger partial charge on any atom is -0.457 e. The van der Waals surface area contributed by atoms with E-state index in [1.807, 2.05) is 45.0 Å². The Labute approximate surface area is 147 Å². The first-order valence-corrected chi connectivity index (χ1v) is 7.98. The van der Waals surface area contributed by atoms with Gasteiger partial charge in [-0.1, -0.05) is 36.4 Å². The smallest absolute Gasteiger partial charge is 0.331 e. The van der Waals surface area contributed by atoms with E-state index in [4.69, 9.17) is 4.74 Å². The van der Waals surface area contributed by atoms with Gasteiger partial charge in [0, 0.05) is 17.8 Å². The largest absolute Gasteiger partial charge is 0.457 e. The SMILES string of the molecule is CC(C)(C)OC(=O)C=Cc1ccc(C=CC(=O)c2ccccc2)cn1. The lowest BCUT2D eigenvalue weighted by molar-refractivity contribution is -0.148. The van der Waals surface area contributed by atoms with Crippen LogP contribution < -0.4 is 0 Å². The first-order valence-electron chi connectivity index (χ1n) is 7.98. The molecule has 0 N–H and O–H groups in total. The molecule has 0 spiro atoms. The van der Waals surface area contributed by atoms with Crippen LogP contribution in [0.5, 0.6) is 0 Å². The van der Waals surface area contributed by atoms with Gasteiger partial charge in [0.05, 0.1) is 5.69 Å². The monoisotopic (exact) mass is 335 g/mol. The summed E-state index contributed by atoms with van der Waals surface area (Å²) in [5.41, 5.74) is 1.56. The van der Waals surface area contributed by atoms with Crippen LogP contribution in [-0.2, 0) is 9.53 Å². The van der Waals surface area contributed by atoms with Gasteiger partial charge in [0.15, 0.2) is 5.78 Å². The summed E-state index contributed by atoms with van der Waals surface area (Å²) in [6.07, 6.45) is 7.81. The van der Waals surface area contributed by atoms with Crippen molar-refractivity contribution in [2.75, 3.05) is 0 Å².